The maximum atomic E-state index is 11.6. The van der Waals surface area contributed by atoms with Gasteiger partial charge in [0.05, 0.1) is 11.3 Å². The smallest absolute Gasteiger partial charge is 0.249 e. The summed E-state index contributed by atoms with van der Waals surface area (Å²) in [6.45, 7) is 8.79. The van der Waals surface area contributed by atoms with E-state index in [1.807, 2.05) is 12.1 Å². The van der Waals surface area contributed by atoms with Gasteiger partial charge in [-0.1, -0.05) is 12.6 Å². The molecule has 22 heavy (non-hydrogen) atoms. The van der Waals surface area contributed by atoms with Gasteiger partial charge in [0, 0.05) is 44.0 Å². The largest absolute Gasteiger partial charge is 0.366 e. The van der Waals surface area contributed by atoms with Crippen molar-refractivity contribution in [2.45, 2.75) is 6.17 Å². The summed E-state index contributed by atoms with van der Waals surface area (Å²) in [5.41, 5.74) is 8.04. The van der Waals surface area contributed by atoms with Gasteiger partial charge in [0.15, 0.2) is 0 Å². The number of benzene rings is 1. The minimum atomic E-state index is -0.478. The minimum absolute atomic E-state index is 0.0822. The number of hydrogen-bond acceptors (Lipinski definition) is 6. The molecule has 0 bridgehead atoms. The van der Waals surface area contributed by atoms with E-state index in [1.54, 1.807) is 11.1 Å². The molecular formula is C15H22N6O. The Hall–Kier alpha value is -2.09. The molecule has 1 unspecified atom stereocenters. The van der Waals surface area contributed by atoms with Gasteiger partial charge in [-0.25, -0.2) is 5.84 Å². The second-order valence-electron chi connectivity index (χ2n) is 5.66. The number of piperazine rings is 1. The van der Waals surface area contributed by atoms with E-state index in [2.05, 4.69) is 22.1 Å². The summed E-state index contributed by atoms with van der Waals surface area (Å²) in [6, 6.07) is 5.43. The maximum absolute atomic E-state index is 11.6. The van der Waals surface area contributed by atoms with Gasteiger partial charge in [-0.3, -0.25) is 14.7 Å². The molecule has 0 spiro atoms. The van der Waals surface area contributed by atoms with E-state index in [0.717, 1.165) is 38.4 Å². The van der Waals surface area contributed by atoms with Gasteiger partial charge >= 0.3 is 0 Å². The van der Waals surface area contributed by atoms with Gasteiger partial charge < -0.3 is 16.4 Å². The van der Waals surface area contributed by atoms with Crippen molar-refractivity contribution >= 4 is 17.3 Å². The first kappa shape index (κ1) is 14.8. The first-order chi connectivity index (χ1) is 10.6. The molecule has 118 valence electrons. The number of hydrazine groups is 1. The third-order valence-corrected chi connectivity index (χ3v) is 4.23. The summed E-state index contributed by atoms with van der Waals surface area (Å²) in [4.78, 5) is 14.0. The molecule has 1 aromatic rings. The lowest BCUT2D eigenvalue weighted by atomic mass is 9.99. The van der Waals surface area contributed by atoms with Crippen LogP contribution in [0.15, 0.2) is 24.8 Å². The van der Waals surface area contributed by atoms with Crippen LogP contribution in [0.3, 0.4) is 0 Å². The zero-order valence-electron chi connectivity index (χ0n) is 12.5. The molecule has 1 saturated heterocycles. The fourth-order valence-corrected chi connectivity index (χ4v) is 3.03. The third-order valence-electron chi connectivity index (χ3n) is 4.23. The molecule has 6 N–H and O–H groups in total. The van der Waals surface area contributed by atoms with Crippen LogP contribution in [-0.2, 0) is 0 Å². The number of carbonyl (C=O) groups excluding carboxylic acids is 1. The summed E-state index contributed by atoms with van der Waals surface area (Å²) in [5.74, 6) is 5.72. The first-order valence-corrected chi connectivity index (χ1v) is 7.43. The van der Waals surface area contributed by atoms with E-state index in [1.165, 1.54) is 0 Å². The number of nitrogens with one attached hydrogen (secondary N) is 2. The van der Waals surface area contributed by atoms with Crippen LogP contribution >= 0.6 is 0 Å². The number of rotatable bonds is 3. The number of nitrogens with zero attached hydrogens (tertiary/aromatic N) is 2. The minimum Gasteiger partial charge on any atom is -0.366 e. The average Bonchev–Trinajstić information content (AvgIpc) is 2.52. The van der Waals surface area contributed by atoms with Crippen molar-refractivity contribution in [2.24, 2.45) is 11.6 Å². The predicted molar refractivity (Wildman–Crippen MR) is 86.7 cm³/mol. The number of anilines is 1. The Labute approximate surface area is 129 Å². The van der Waals surface area contributed by atoms with Crippen molar-refractivity contribution in [3.8, 4) is 0 Å². The highest BCUT2D eigenvalue weighted by Crippen LogP contribution is 2.33. The lowest BCUT2D eigenvalue weighted by Gasteiger charge is -2.41. The Balaban J connectivity index is 1.85. The van der Waals surface area contributed by atoms with Gasteiger partial charge in [-0.05, 0) is 12.1 Å². The molecule has 7 heteroatoms. The number of carbonyl (C=O) groups is 1. The second kappa shape index (κ2) is 5.96. The number of hydrogen-bond donors (Lipinski definition) is 4. The normalized spacial score (nSPS) is 22.1. The molecule has 0 saturated carbocycles. The van der Waals surface area contributed by atoms with E-state index in [4.69, 9.17) is 11.6 Å². The number of amides is 1. The molecule has 3 rings (SSSR count). The van der Waals surface area contributed by atoms with Crippen molar-refractivity contribution in [1.29, 1.82) is 0 Å². The van der Waals surface area contributed by atoms with Crippen molar-refractivity contribution in [1.82, 2.24) is 15.2 Å². The molecule has 0 aliphatic carbocycles. The summed E-state index contributed by atoms with van der Waals surface area (Å²) < 4.78 is 0. The molecule has 0 aromatic heterocycles. The summed E-state index contributed by atoms with van der Waals surface area (Å²) in [5, 5.41) is 8.32. The topological polar surface area (TPSA) is 99.6 Å². The van der Waals surface area contributed by atoms with Crippen LogP contribution < -0.4 is 22.2 Å². The van der Waals surface area contributed by atoms with E-state index in [9.17, 15) is 4.79 Å². The summed E-state index contributed by atoms with van der Waals surface area (Å²) in [6.07, 6.45) is -0.0822. The molecule has 7 nitrogen and oxygen atoms in total. The zero-order valence-corrected chi connectivity index (χ0v) is 12.5. The van der Waals surface area contributed by atoms with Crippen LogP contribution in [-0.4, -0.2) is 54.7 Å². The van der Waals surface area contributed by atoms with E-state index >= 15 is 0 Å². The van der Waals surface area contributed by atoms with Gasteiger partial charge in [0.2, 0.25) is 5.91 Å². The lowest BCUT2D eigenvalue weighted by molar-refractivity contribution is 0.0999. The Bertz CT molecular complexity index is 596. The quantitative estimate of drug-likeness (QED) is 0.567. The van der Waals surface area contributed by atoms with Crippen LogP contribution in [0.1, 0.15) is 15.9 Å². The molecule has 2 heterocycles. The molecule has 1 aromatic carbocycles. The molecule has 0 radical (unpaired) electrons. The number of fused-ring (bicyclic) bond motifs is 1. The zero-order chi connectivity index (χ0) is 15.7. The van der Waals surface area contributed by atoms with Crippen LogP contribution in [0.5, 0.6) is 0 Å². The fraction of sp³-hybridized carbons (Fsp3) is 0.400. The van der Waals surface area contributed by atoms with E-state index in [0.29, 0.717) is 16.8 Å². The Morgan fingerprint density at radius 1 is 1.36 bits per heavy atom. The fourth-order valence-electron chi connectivity index (χ4n) is 3.03. The van der Waals surface area contributed by atoms with Crippen molar-refractivity contribution in [3.05, 3.63) is 35.9 Å². The highest BCUT2D eigenvalue weighted by Gasteiger charge is 2.30. The standard InChI is InChI=1S/C15H22N6O/c1-10-14-11(15(16)22)3-2-4-12(14)19-13(21(10)17)9-20-7-5-18-6-8-20/h2-4,13,18-19H,1,5-9,17H2,(H2,16,22). The van der Waals surface area contributed by atoms with Gasteiger partial charge in [0.1, 0.15) is 6.17 Å². The Kier molecular flexibility index (Phi) is 4.02. The second-order valence-corrected chi connectivity index (χ2v) is 5.66. The average molecular weight is 302 g/mol. The number of nitrogens with two attached hydrogens (primary N) is 2. The Morgan fingerprint density at radius 3 is 2.77 bits per heavy atom. The van der Waals surface area contributed by atoms with E-state index in [-0.39, 0.29) is 6.17 Å². The van der Waals surface area contributed by atoms with Crippen LogP contribution in [0.25, 0.3) is 5.70 Å². The molecule has 1 atom stereocenters. The highest BCUT2D eigenvalue weighted by molar-refractivity contribution is 6.00. The lowest BCUT2D eigenvalue weighted by Crippen LogP contribution is -2.56. The number of primary amides is 1. The molecule has 2 aliphatic heterocycles. The van der Waals surface area contributed by atoms with Crippen molar-refractivity contribution < 1.29 is 4.79 Å². The monoisotopic (exact) mass is 302 g/mol. The van der Waals surface area contributed by atoms with Crippen molar-refractivity contribution in [3.63, 3.8) is 0 Å². The molecular weight excluding hydrogens is 280 g/mol. The molecule has 1 amide bonds. The maximum Gasteiger partial charge on any atom is 0.249 e. The molecule has 2 aliphatic rings. The molecule has 1 fully saturated rings. The third kappa shape index (κ3) is 2.66. The SMILES string of the molecule is C=C1c2c(cccc2C(N)=O)NC(CN2CCNCC2)N1N. The van der Waals surface area contributed by atoms with Crippen LogP contribution in [0.4, 0.5) is 5.69 Å². The highest BCUT2D eigenvalue weighted by atomic mass is 16.1. The first-order valence-electron chi connectivity index (χ1n) is 7.43. The van der Waals surface area contributed by atoms with Gasteiger partial charge in [0.25, 0.3) is 0 Å². The summed E-state index contributed by atoms with van der Waals surface area (Å²) >= 11 is 0. The Morgan fingerprint density at radius 2 is 2.09 bits per heavy atom. The summed E-state index contributed by atoms with van der Waals surface area (Å²) in [7, 11) is 0. The van der Waals surface area contributed by atoms with Crippen LogP contribution in [0.2, 0.25) is 0 Å². The predicted octanol–water partition coefficient (Wildman–Crippen LogP) is -0.411. The van der Waals surface area contributed by atoms with Crippen molar-refractivity contribution in [2.75, 3.05) is 38.0 Å². The van der Waals surface area contributed by atoms with Gasteiger partial charge in [-0.15, -0.1) is 0 Å². The van der Waals surface area contributed by atoms with Gasteiger partial charge in [-0.2, -0.15) is 0 Å². The van der Waals surface area contributed by atoms with E-state index < -0.39 is 5.91 Å². The van der Waals surface area contributed by atoms with Crippen LogP contribution in [0, 0.1) is 0 Å².